The molecule has 0 heterocycles. The second-order valence-electron chi connectivity index (χ2n) is 4.30. The molecule has 0 aromatic heterocycles. The van der Waals surface area contributed by atoms with Gasteiger partial charge in [0.2, 0.25) is 11.8 Å². The SMILES string of the molecule is COCCN(CCC(=O)Nc1ccc(F)cc1)C(C)=O. The summed E-state index contributed by atoms with van der Waals surface area (Å²) in [5.74, 6) is -0.678. The van der Waals surface area contributed by atoms with Crippen LogP contribution in [0.2, 0.25) is 0 Å². The zero-order valence-corrected chi connectivity index (χ0v) is 11.7. The smallest absolute Gasteiger partial charge is 0.226 e. The lowest BCUT2D eigenvalue weighted by Crippen LogP contribution is -2.34. The van der Waals surface area contributed by atoms with Crippen LogP contribution in [0, 0.1) is 5.82 Å². The lowest BCUT2D eigenvalue weighted by molar-refractivity contribution is -0.130. The van der Waals surface area contributed by atoms with E-state index >= 15 is 0 Å². The first-order valence-corrected chi connectivity index (χ1v) is 6.33. The third kappa shape index (κ3) is 5.79. The number of ether oxygens (including phenoxy) is 1. The fraction of sp³-hybridized carbons (Fsp3) is 0.429. The molecule has 1 rings (SSSR count). The summed E-state index contributed by atoms with van der Waals surface area (Å²) in [4.78, 5) is 24.6. The molecule has 0 fully saturated rings. The molecule has 0 aliphatic heterocycles. The molecule has 0 saturated heterocycles. The average Bonchev–Trinajstić information content (AvgIpc) is 2.41. The Hall–Kier alpha value is -1.95. The number of nitrogens with one attached hydrogen (secondary N) is 1. The number of anilines is 1. The monoisotopic (exact) mass is 282 g/mol. The summed E-state index contributed by atoms with van der Waals surface area (Å²) in [6.45, 7) is 2.66. The predicted octanol–water partition coefficient (Wildman–Crippen LogP) is 1.65. The van der Waals surface area contributed by atoms with Crippen molar-refractivity contribution in [2.75, 3.05) is 32.1 Å². The van der Waals surface area contributed by atoms with Crippen molar-refractivity contribution in [1.29, 1.82) is 0 Å². The van der Waals surface area contributed by atoms with Gasteiger partial charge in [-0.15, -0.1) is 0 Å². The largest absolute Gasteiger partial charge is 0.383 e. The summed E-state index contributed by atoms with van der Waals surface area (Å²) in [7, 11) is 1.56. The van der Waals surface area contributed by atoms with Crippen molar-refractivity contribution in [2.45, 2.75) is 13.3 Å². The van der Waals surface area contributed by atoms with Crippen LogP contribution in [-0.4, -0.2) is 43.5 Å². The minimum absolute atomic E-state index is 0.100. The Morgan fingerprint density at radius 2 is 1.90 bits per heavy atom. The molecule has 0 saturated carbocycles. The zero-order valence-electron chi connectivity index (χ0n) is 11.7. The van der Waals surface area contributed by atoms with E-state index < -0.39 is 0 Å². The lowest BCUT2D eigenvalue weighted by atomic mass is 10.3. The molecule has 0 aliphatic rings. The van der Waals surface area contributed by atoms with Crippen LogP contribution in [0.15, 0.2) is 24.3 Å². The van der Waals surface area contributed by atoms with Crippen molar-refractivity contribution in [3.05, 3.63) is 30.1 Å². The Kier molecular flexibility index (Phi) is 6.66. The number of benzene rings is 1. The number of rotatable bonds is 7. The molecule has 6 heteroatoms. The summed E-state index contributed by atoms with van der Waals surface area (Å²) in [6.07, 6.45) is 0.181. The van der Waals surface area contributed by atoms with E-state index in [4.69, 9.17) is 4.74 Å². The molecule has 0 unspecified atom stereocenters. The molecule has 0 bridgehead atoms. The molecule has 1 aromatic rings. The van der Waals surface area contributed by atoms with Gasteiger partial charge in [0, 0.05) is 39.2 Å². The predicted molar refractivity (Wildman–Crippen MR) is 73.8 cm³/mol. The fourth-order valence-electron chi connectivity index (χ4n) is 1.62. The molecule has 5 nitrogen and oxygen atoms in total. The molecule has 0 aliphatic carbocycles. The van der Waals surface area contributed by atoms with Gasteiger partial charge in [-0.1, -0.05) is 0 Å². The van der Waals surface area contributed by atoms with Crippen molar-refractivity contribution in [2.24, 2.45) is 0 Å². The van der Waals surface area contributed by atoms with Gasteiger partial charge in [0.15, 0.2) is 0 Å². The minimum atomic E-state index is -0.356. The van der Waals surface area contributed by atoms with E-state index in [1.54, 1.807) is 12.0 Å². The number of nitrogens with zero attached hydrogens (tertiary/aromatic N) is 1. The van der Waals surface area contributed by atoms with Crippen LogP contribution in [-0.2, 0) is 14.3 Å². The van der Waals surface area contributed by atoms with Crippen LogP contribution in [0.5, 0.6) is 0 Å². The highest BCUT2D eigenvalue weighted by Crippen LogP contribution is 2.08. The van der Waals surface area contributed by atoms with Gasteiger partial charge in [-0.05, 0) is 24.3 Å². The van der Waals surface area contributed by atoms with Gasteiger partial charge < -0.3 is 15.0 Å². The minimum Gasteiger partial charge on any atom is -0.383 e. The molecule has 1 aromatic carbocycles. The second-order valence-corrected chi connectivity index (χ2v) is 4.30. The molecule has 1 N–H and O–H groups in total. The van der Waals surface area contributed by atoms with Crippen LogP contribution >= 0.6 is 0 Å². The van der Waals surface area contributed by atoms with Crippen LogP contribution in [0.4, 0.5) is 10.1 Å². The zero-order chi connectivity index (χ0) is 15.0. The number of amides is 2. The van der Waals surface area contributed by atoms with Gasteiger partial charge in [0.05, 0.1) is 6.61 Å². The average molecular weight is 282 g/mol. The maximum atomic E-state index is 12.7. The number of halogens is 1. The van der Waals surface area contributed by atoms with Crippen molar-refractivity contribution < 1.29 is 18.7 Å². The molecule has 2 amide bonds. The van der Waals surface area contributed by atoms with Crippen LogP contribution < -0.4 is 5.32 Å². The van der Waals surface area contributed by atoms with Gasteiger partial charge in [-0.2, -0.15) is 0 Å². The number of carbonyl (C=O) groups excluding carboxylic acids is 2. The molecule has 0 spiro atoms. The van der Waals surface area contributed by atoms with Crippen molar-refractivity contribution in [1.82, 2.24) is 4.90 Å². The van der Waals surface area contributed by atoms with Crippen LogP contribution in [0.3, 0.4) is 0 Å². The third-order valence-corrected chi connectivity index (χ3v) is 2.75. The van der Waals surface area contributed by atoms with Gasteiger partial charge in [0.1, 0.15) is 5.82 Å². The van der Waals surface area contributed by atoms with E-state index in [0.717, 1.165) is 0 Å². The van der Waals surface area contributed by atoms with Crippen molar-refractivity contribution in [3.8, 4) is 0 Å². The van der Waals surface area contributed by atoms with E-state index in [2.05, 4.69) is 5.32 Å². The van der Waals surface area contributed by atoms with Gasteiger partial charge in [0.25, 0.3) is 0 Å². The first kappa shape index (κ1) is 16.1. The number of methoxy groups -OCH3 is 1. The maximum Gasteiger partial charge on any atom is 0.226 e. The Balaban J connectivity index is 2.41. The second kappa shape index (κ2) is 8.27. The number of hydrogen-bond acceptors (Lipinski definition) is 3. The number of hydrogen-bond donors (Lipinski definition) is 1. The van der Waals surface area contributed by atoms with Crippen LogP contribution in [0.1, 0.15) is 13.3 Å². The Morgan fingerprint density at radius 3 is 2.45 bits per heavy atom. The Labute approximate surface area is 117 Å². The summed E-state index contributed by atoms with van der Waals surface area (Å²) >= 11 is 0. The summed E-state index contributed by atoms with van der Waals surface area (Å²) in [5, 5.41) is 2.64. The summed E-state index contributed by atoms with van der Waals surface area (Å²) < 4.78 is 17.6. The molecule has 0 atom stereocenters. The molecule has 0 radical (unpaired) electrons. The van der Waals surface area contributed by atoms with Crippen molar-refractivity contribution >= 4 is 17.5 Å². The summed E-state index contributed by atoms with van der Waals surface area (Å²) in [6, 6.07) is 5.52. The Morgan fingerprint density at radius 1 is 1.25 bits per heavy atom. The lowest BCUT2D eigenvalue weighted by Gasteiger charge is -2.20. The maximum absolute atomic E-state index is 12.7. The van der Waals surface area contributed by atoms with Gasteiger partial charge in [-0.3, -0.25) is 9.59 Å². The van der Waals surface area contributed by atoms with E-state index in [0.29, 0.717) is 25.4 Å². The quantitative estimate of drug-likeness (QED) is 0.827. The van der Waals surface area contributed by atoms with Gasteiger partial charge in [-0.25, -0.2) is 4.39 Å². The van der Waals surface area contributed by atoms with E-state index in [9.17, 15) is 14.0 Å². The highest BCUT2D eigenvalue weighted by molar-refractivity contribution is 5.91. The topological polar surface area (TPSA) is 58.6 Å². The molecule has 110 valence electrons. The standard InChI is InChI=1S/C14H19FN2O3/c1-11(18)17(9-10-20-2)8-7-14(19)16-13-5-3-12(15)4-6-13/h3-6H,7-10H2,1-2H3,(H,16,19). The molecular weight excluding hydrogens is 263 g/mol. The number of carbonyl (C=O) groups is 2. The molecular formula is C14H19FN2O3. The normalized spacial score (nSPS) is 10.2. The van der Waals surface area contributed by atoms with E-state index in [1.165, 1.54) is 31.2 Å². The highest BCUT2D eigenvalue weighted by Gasteiger charge is 2.11. The Bertz CT molecular complexity index is 448. The summed E-state index contributed by atoms with van der Waals surface area (Å²) in [5.41, 5.74) is 0.530. The van der Waals surface area contributed by atoms with Gasteiger partial charge >= 0.3 is 0 Å². The van der Waals surface area contributed by atoms with E-state index in [-0.39, 0.29) is 24.1 Å². The third-order valence-electron chi connectivity index (χ3n) is 2.75. The first-order valence-electron chi connectivity index (χ1n) is 6.33. The first-order chi connectivity index (χ1) is 9.52. The van der Waals surface area contributed by atoms with Crippen LogP contribution in [0.25, 0.3) is 0 Å². The fourth-order valence-corrected chi connectivity index (χ4v) is 1.62. The highest BCUT2D eigenvalue weighted by atomic mass is 19.1. The molecule has 20 heavy (non-hydrogen) atoms. The van der Waals surface area contributed by atoms with Crippen molar-refractivity contribution in [3.63, 3.8) is 0 Å². The van der Waals surface area contributed by atoms with E-state index in [1.807, 2.05) is 0 Å².